The van der Waals surface area contributed by atoms with Crippen LogP contribution in [0, 0.1) is 0 Å². The van der Waals surface area contributed by atoms with Crippen molar-refractivity contribution < 1.29 is 0 Å². The zero-order valence-electron chi connectivity index (χ0n) is 13.8. The Labute approximate surface area is 134 Å². The van der Waals surface area contributed by atoms with Gasteiger partial charge in [0.05, 0.1) is 0 Å². The molecule has 0 spiro atoms. The number of likely N-dealkylation sites (tertiary alicyclic amines) is 1. The fourth-order valence-corrected chi connectivity index (χ4v) is 3.49. The number of likely N-dealkylation sites (N-methyl/N-ethyl adjacent to an activating group) is 1. The maximum absolute atomic E-state index is 2.50. The molecule has 1 heterocycles. The molecule has 2 aromatic carbocycles. The Morgan fingerprint density at radius 1 is 0.864 bits per heavy atom. The van der Waals surface area contributed by atoms with E-state index >= 15 is 0 Å². The minimum absolute atomic E-state index is 0.485. The Morgan fingerprint density at radius 3 is 1.86 bits per heavy atom. The maximum Gasteiger partial charge on any atom is 0.0288 e. The molecule has 2 atom stereocenters. The van der Waals surface area contributed by atoms with Crippen LogP contribution in [0.1, 0.15) is 37.8 Å². The lowest BCUT2D eigenvalue weighted by Crippen LogP contribution is -2.42. The van der Waals surface area contributed by atoms with E-state index in [1.165, 1.54) is 29.5 Å². The Hall–Kier alpha value is -1.86. The van der Waals surface area contributed by atoms with E-state index in [0.717, 1.165) is 0 Å². The minimum atomic E-state index is 0.485. The lowest BCUT2D eigenvalue weighted by Gasteiger charge is -2.39. The van der Waals surface area contributed by atoms with Gasteiger partial charge in [0.2, 0.25) is 0 Å². The first kappa shape index (κ1) is 15.1. The first-order chi connectivity index (χ1) is 10.7. The van der Waals surface area contributed by atoms with E-state index < -0.39 is 0 Å². The summed E-state index contributed by atoms with van der Waals surface area (Å²) in [4.78, 5) is 2.50. The van der Waals surface area contributed by atoms with Gasteiger partial charge in [-0.25, -0.2) is 0 Å². The maximum atomic E-state index is 2.50. The van der Waals surface area contributed by atoms with E-state index in [4.69, 9.17) is 0 Å². The highest BCUT2D eigenvalue weighted by Gasteiger charge is 2.28. The van der Waals surface area contributed by atoms with Crippen LogP contribution in [0.2, 0.25) is 0 Å². The predicted octanol–water partition coefficient (Wildman–Crippen LogP) is 4.99. The van der Waals surface area contributed by atoms with E-state index in [1.807, 2.05) is 0 Å². The van der Waals surface area contributed by atoms with Gasteiger partial charge >= 0.3 is 0 Å². The van der Waals surface area contributed by atoms with Gasteiger partial charge in [-0.3, -0.25) is 4.90 Å². The van der Waals surface area contributed by atoms with E-state index in [0.29, 0.717) is 12.1 Å². The van der Waals surface area contributed by atoms with E-state index in [1.54, 1.807) is 5.57 Å². The quantitative estimate of drug-likeness (QED) is 0.753. The molecule has 1 nitrogen and oxygen atoms in total. The second kappa shape index (κ2) is 6.50. The lowest BCUT2D eigenvalue weighted by molar-refractivity contribution is 0.179. The summed E-state index contributed by atoms with van der Waals surface area (Å²) in [5.41, 5.74) is 5.66. The minimum Gasteiger partial charge on any atom is -0.297 e. The fraction of sp³-hybridized carbons (Fsp3) is 0.333. The van der Waals surface area contributed by atoms with Crippen molar-refractivity contribution in [1.82, 2.24) is 4.90 Å². The standard InChI is InChI=1S/C21H25N/c1-16-14-15-20(17(2)22(16)3)21(18-10-6-4-7-11-18)19-12-8-5-9-13-19/h4-13,16-17H,14-15H2,1-3H3/t16-,17-/m0/s1. The third-order valence-electron chi connectivity index (χ3n) is 5.09. The average Bonchev–Trinajstić information content (AvgIpc) is 2.57. The molecular weight excluding hydrogens is 266 g/mol. The van der Waals surface area contributed by atoms with Crippen LogP contribution in [0.15, 0.2) is 66.2 Å². The Bertz CT molecular complexity index is 601. The van der Waals surface area contributed by atoms with Crippen LogP contribution in [-0.4, -0.2) is 24.0 Å². The van der Waals surface area contributed by atoms with Gasteiger partial charge < -0.3 is 0 Å². The van der Waals surface area contributed by atoms with Crippen LogP contribution < -0.4 is 0 Å². The first-order valence-electron chi connectivity index (χ1n) is 8.24. The lowest BCUT2D eigenvalue weighted by atomic mass is 9.84. The van der Waals surface area contributed by atoms with Crippen LogP contribution in [0.5, 0.6) is 0 Å². The normalized spacial score (nSPS) is 22.6. The largest absolute Gasteiger partial charge is 0.297 e. The molecule has 0 saturated carbocycles. The van der Waals surface area contributed by atoms with Crippen molar-refractivity contribution in [2.75, 3.05) is 7.05 Å². The molecule has 1 fully saturated rings. The summed E-state index contributed by atoms with van der Waals surface area (Å²) in [7, 11) is 2.25. The molecule has 114 valence electrons. The van der Waals surface area contributed by atoms with Crippen LogP contribution in [0.25, 0.3) is 5.57 Å². The summed E-state index contributed by atoms with van der Waals surface area (Å²) >= 11 is 0. The summed E-state index contributed by atoms with van der Waals surface area (Å²) in [6, 6.07) is 22.8. The molecule has 1 heteroatoms. The van der Waals surface area contributed by atoms with E-state index in [-0.39, 0.29) is 0 Å². The summed E-state index contributed by atoms with van der Waals surface area (Å²) in [6.07, 6.45) is 2.42. The summed E-state index contributed by atoms with van der Waals surface area (Å²) in [5.74, 6) is 0. The van der Waals surface area contributed by atoms with Gasteiger partial charge in [-0.1, -0.05) is 60.7 Å². The molecule has 1 saturated heterocycles. The molecule has 2 aromatic rings. The fourth-order valence-electron chi connectivity index (χ4n) is 3.49. The van der Waals surface area contributed by atoms with E-state index in [9.17, 15) is 0 Å². The van der Waals surface area contributed by atoms with Gasteiger partial charge in [0, 0.05) is 12.1 Å². The molecular formula is C21H25N. The topological polar surface area (TPSA) is 3.24 Å². The van der Waals surface area contributed by atoms with Gasteiger partial charge in [-0.2, -0.15) is 0 Å². The second-order valence-electron chi connectivity index (χ2n) is 6.36. The zero-order chi connectivity index (χ0) is 15.5. The van der Waals surface area contributed by atoms with Crippen LogP contribution in [0.3, 0.4) is 0 Å². The molecule has 0 N–H and O–H groups in total. The Balaban J connectivity index is 2.16. The van der Waals surface area contributed by atoms with Crippen molar-refractivity contribution in [3.63, 3.8) is 0 Å². The first-order valence-corrected chi connectivity index (χ1v) is 8.24. The van der Waals surface area contributed by atoms with Crippen molar-refractivity contribution in [2.45, 2.75) is 38.8 Å². The average molecular weight is 291 g/mol. The van der Waals surface area contributed by atoms with Crippen LogP contribution >= 0.6 is 0 Å². The van der Waals surface area contributed by atoms with Gasteiger partial charge in [0.1, 0.15) is 0 Å². The SMILES string of the molecule is C[C@H]1CCC(=C(c2ccccc2)c2ccccc2)[C@H](C)N1C. The number of rotatable bonds is 2. The van der Waals surface area contributed by atoms with Crippen molar-refractivity contribution in [1.29, 1.82) is 0 Å². The summed E-state index contributed by atoms with van der Waals surface area (Å²) in [6.45, 7) is 4.68. The molecule has 3 rings (SSSR count). The summed E-state index contributed by atoms with van der Waals surface area (Å²) in [5, 5.41) is 0. The second-order valence-corrected chi connectivity index (χ2v) is 6.36. The molecule has 1 aliphatic heterocycles. The number of piperidine rings is 1. The van der Waals surface area contributed by atoms with Gasteiger partial charge in [0.15, 0.2) is 0 Å². The monoisotopic (exact) mass is 291 g/mol. The number of nitrogens with zero attached hydrogens (tertiary/aromatic N) is 1. The molecule has 1 aliphatic rings. The smallest absolute Gasteiger partial charge is 0.0288 e. The molecule has 0 aliphatic carbocycles. The van der Waals surface area contributed by atoms with Crippen LogP contribution in [-0.2, 0) is 0 Å². The van der Waals surface area contributed by atoms with Crippen molar-refractivity contribution in [3.8, 4) is 0 Å². The number of hydrogen-bond donors (Lipinski definition) is 0. The number of hydrogen-bond acceptors (Lipinski definition) is 1. The molecule has 0 radical (unpaired) electrons. The Morgan fingerprint density at radius 2 is 1.36 bits per heavy atom. The highest BCUT2D eigenvalue weighted by Crippen LogP contribution is 2.35. The summed E-state index contributed by atoms with van der Waals surface area (Å²) < 4.78 is 0. The van der Waals surface area contributed by atoms with Gasteiger partial charge in [-0.15, -0.1) is 0 Å². The zero-order valence-corrected chi connectivity index (χ0v) is 13.8. The van der Waals surface area contributed by atoms with Crippen molar-refractivity contribution >= 4 is 5.57 Å². The molecule has 22 heavy (non-hydrogen) atoms. The molecule has 0 aromatic heterocycles. The molecule has 0 bridgehead atoms. The van der Waals surface area contributed by atoms with Gasteiger partial charge in [0.25, 0.3) is 0 Å². The number of benzene rings is 2. The molecule has 0 amide bonds. The highest BCUT2D eigenvalue weighted by molar-refractivity contribution is 5.82. The van der Waals surface area contributed by atoms with E-state index in [2.05, 4.69) is 86.5 Å². The van der Waals surface area contributed by atoms with Gasteiger partial charge in [-0.05, 0) is 56.0 Å². The third kappa shape index (κ3) is 2.86. The third-order valence-corrected chi connectivity index (χ3v) is 5.09. The predicted molar refractivity (Wildman–Crippen MR) is 94.8 cm³/mol. The highest BCUT2D eigenvalue weighted by atomic mass is 15.2. The van der Waals surface area contributed by atoms with Crippen molar-refractivity contribution in [3.05, 3.63) is 77.4 Å². The van der Waals surface area contributed by atoms with Crippen molar-refractivity contribution in [2.24, 2.45) is 0 Å². The molecule has 0 unspecified atom stereocenters. The Kier molecular flexibility index (Phi) is 4.44. The van der Waals surface area contributed by atoms with Crippen LogP contribution in [0.4, 0.5) is 0 Å².